The summed E-state index contributed by atoms with van der Waals surface area (Å²) >= 11 is 8.80. The van der Waals surface area contributed by atoms with Crippen molar-refractivity contribution in [2.24, 2.45) is 0 Å². The summed E-state index contributed by atoms with van der Waals surface area (Å²) in [4.78, 5) is 1.04. The summed E-state index contributed by atoms with van der Waals surface area (Å²) in [5, 5.41) is 0. The number of rotatable bonds is 30. The summed E-state index contributed by atoms with van der Waals surface area (Å²) in [5.41, 5.74) is 6.51. The minimum absolute atomic E-state index is 0.209. The summed E-state index contributed by atoms with van der Waals surface area (Å²) in [6.45, 7) is 1.93. The van der Waals surface area contributed by atoms with Crippen molar-refractivity contribution in [3.8, 4) is 0 Å². The van der Waals surface area contributed by atoms with Gasteiger partial charge in [0.2, 0.25) is 0 Å². The van der Waals surface area contributed by atoms with Gasteiger partial charge in [0.25, 0.3) is 0 Å². The zero-order chi connectivity index (χ0) is 60.8. The van der Waals surface area contributed by atoms with Crippen LogP contribution in [0.2, 0.25) is 0 Å². The third-order valence-electron chi connectivity index (χ3n) is 15.8. The van der Waals surface area contributed by atoms with E-state index in [-0.39, 0.29) is 19.8 Å². The van der Waals surface area contributed by atoms with Crippen molar-refractivity contribution in [3.63, 3.8) is 0 Å². The van der Waals surface area contributed by atoms with E-state index in [9.17, 15) is 0 Å². The van der Waals surface area contributed by atoms with E-state index in [1.807, 2.05) is 146 Å². The van der Waals surface area contributed by atoms with Gasteiger partial charge in [-0.3, -0.25) is 0 Å². The lowest BCUT2D eigenvalue weighted by Crippen LogP contribution is -2.67. The molecule has 466 valence electrons. The lowest BCUT2D eigenvalue weighted by atomic mass is 9.95. The van der Waals surface area contributed by atoms with Crippen molar-refractivity contribution in [3.05, 3.63) is 282 Å². The van der Waals surface area contributed by atoms with E-state index in [4.69, 9.17) is 56.8 Å². The first-order chi connectivity index (χ1) is 44.0. The average Bonchev–Trinajstić information content (AvgIpc) is 1.85. The molecule has 3 heterocycles. The molecule has 0 radical (unpaired) electrons. The molecule has 3 fully saturated rings. The maximum atomic E-state index is 7.66. The van der Waals surface area contributed by atoms with E-state index in [2.05, 4.69) is 165 Å². The molecule has 3 saturated heterocycles. The normalized spacial score (nSPS) is 27.0. The molecule has 8 aromatic rings. The monoisotopic (exact) mass is 1560 g/mol. The van der Waals surface area contributed by atoms with Gasteiger partial charge < -0.3 is 56.8 Å². The Hall–Kier alpha value is -4.18. The average molecular weight is 1560 g/mol. The fraction of sp³-hybridized carbons (Fsp3) is 0.342. The standard InChI is InChI=1S/C73H75I3O12S/c74-41-59-62(77-44-51-25-9-1-10-26-51)65(78-45-52-27-11-2-12-28-52)68(81-48-55-33-17-5-18-34-55)71(84-59)87-63-60(42-75)85-72(69(82-49-56-35-19-6-20-36-56)66(63)79-46-53-29-13-3-14-30-53)88-64-61(43-76)86-73(89-58-39-23-8-24-40-58)70(83-50-57-37-21-7-22-38-57)67(64)80-47-54-31-15-4-16-32-54/h1-40,59-73H,41-50H2/t59-,60-,61-,62-,63-,64-,65+,66+,67+,68-,69-,70-,71-,72-,73+/m1/s1. The highest BCUT2D eigenvalue weighted by molar-refractivity contribution is 14.1. The van der Waals surface area contributed by atoms with Crippen LogP contribution in [-0.4, -0.2) is 105 Å². The van der Waals surface area contributed by atoms with Crippen LogP contribution < -0.4 is 0 Å². The molecular formula is C73H75I3O12S. The molecule has 89 heavy (non-hydrogen) atoms. The molecule has 3 aliphatic heterocycles. The molecule has 0 aromatic heterocycles. The number of hydrogen-bond acceptors (Lipinski definition) is 13. The van der Waals surface area contributed by atoms with Crippen LogP contribution in [0.1, 0.15) is 38.9 Å². The predicted molar refractivity (Wildman–Crippen MR) is 370 cm³/mol. The van der Waals surface area contributed by atoms with Crippen LogP contribution in [0.4, 0.5) is 0 Å². The van der Waals surface area contributed by atoms with Gasteiger partial charge in [-0.2, -0.15) is 0 Å². The molecule has 0 amide bonds. The Bertz CT molecular complexity index is 3230. The largest absolute Gasteiger partial charge is 0.368 e. The maximum absolute atomic E-state index is 7.66. The number of hydrogen-bond donors (Lipinski definition) is 0. The van der Waals surface area contributed by atoms with Crippen LogP contribution in [0, 0.1) is 0 Å². The molecule has 0 aliphatic carbocycles. The van der Waals surface area contributed by atoms with Gasteiger partial charge in [-0.25, -0.2) is 0 Å². The Balaban J connectivity index is 0.980. The second-order valence-electron chi connectivity index (χ2n) is 22.1. The highest BCUT2D eigenvalue weighted by Gasteiger charge is 2.57. The van der Waals surface area contributed by atoms with Gasteiger partial charge in [-0.15, -0.1) is 0 Å². The minimum atomic E-state index is -1.05. The summed E-state index contributed by atoms with van der Waals surface area (Å²) in [6.07, 6.45) is -10.3. The molecule has 0 N–H and O–H groups in total. The van der Waals surface area contributed by atoms with Gasteiger partial charge in [-0.05, 0) is 51.1 Å². The molecule has 11 rings (SSSR count). The quantitative estimate of drug-likeness (QED) is 0.0315. The summed E-state index contributed by atoms with van der Waals surface area (Å²) in [7, 11) is 0. The van der Waals surface area contributed by atoms with Crippen molar-refractivity contribution in [2.75, 3.05) is 13.3 Å². The van der Waals surface area contributed by atoms with Crippen LogP contribution >= 0.6 is 79.5 Å². The number of alkyl halides is 3. The lowest BCUT2D eigenvalue weighted by Gasteiger charge is -2.51. The maximum Gasteiger partial charge on any atom is 0.187 e. The lowest BCUT2D eigenvalue weighted by molar-refractivity contribution is -0.379. The van der Waals surface area contributed by atoms with E-state index in [1.54, 1.807) is 11.8 Å². The van der Waals surface area contributed by atoms with Gasteiger partial charge in [-0.1, -0.05) is 310 Å². The summed E-state index contributed by atoms with van der Waals surface area (Å²) in [5.74, 6) is 0. The molecule has 12 nitrogen and oxygen atoms in total. The number of ether oxygens (including phenoxy) is 12. The Morgan fingerprint density at radius 3 is 0.809 bits per heavy atom. The second-order valence-corrected chi connectivity index (χ2v) is 25.9. The van der Waals surface area contributed by atoms with Crippen molar-refractivity contribution in [1.29, 1.82) is 0 Å². The minimum Gasteiger partial charge on any atom is -0.368 e. The van der Waals surface area contributed by atoms with Gasteiger partial charge in [0.15, 0.2) is 12.6 Å². The van der Waals surface area contributed by atoms with Crippen molar-refractivity contribution in [1.82, 2.24) is 0 Å². The van der Waals surface area contributed by atoms with E-state index in [1.165, 1.54) is 0 Å². The molecule has 0 spiro atoms. The Morgan fingerprint density at radius 2 is 0.494 bits per heavy atom. The topological polar surface area (TPSA) is 111 Å². The van der Waals surface area contributed by atoms with Crippen LogP contribution in [0.5, 0.6) is 0 Å². The molecule has 0 saturated carbocycles. The van der Waals surface area contributed by atoms with Gasteiger partial charge in [0.1, 0.15) is 60.4 Å². The highest BCUT2D eigenvalue weighted by Crippen LogP contribution is 2.42. The van der Waals surface area contributed by atoms with Crippen LogP contribution in [0.3, 0.4) is 0 Å². The smallest absolute Gasteiger partial charge is 0.187 e. The molecular weight excluding hydrogens is 1480 g/mol. The van der Waals surface area contributed by atoms with E-state index < -0.39 is 91.3 Å². The molecule has 15 atom stereocenters. The summed E-state index contributed by atoms with van der Waals surface area (Å²) < 4.78 is 89.1. The summed E-state index contributed by atoms with van der Waals surface area (Å²) in [6, 6.07) is 81.5. The van der Waals surface area contributed by atoms with E-state index in [0.717, 1.165) is 43.8 Å². The third kappa shape index (κ3) is 18.8. The Labute approximate surface area is 568 Å². The molecule has 3 aliphatic rings. The fourth-order valence-corrected chi connectivity index (χ4v) is 14.5. The zero-order valence-corrected chi connectivity index (χ0v) is 56.6. The first kappa shape index (κ1) is 66.3. The van der Waals surface area contributed by atoms with E-state index in [0.29, 0.717) is 39.7 Å². The Morgan fingerprint density at radius 1 is 0.258 bits per heavy atom. The Kier molecular flexibility index (Phi) is 26.2. The number of benzene rings is 8. The van der Waals surface area contributed by atoms with E-state index >= 15 is 0 Å². The molecule has 0 bridgehead atoms. The number of halogens is 3. The van der Waals surface area contributed by atoms with Gasteiger partial charge >= 0.3 is 0 Å². The van der Waals surface area contributed by atoms with Crippen molar-refractivity contribution in [2.45, 2.75) is 142 Å². The van der Waals surface area contributed by atoms with Crippen LogP contribution in [0.25, 0.3) is 0 Å². The van der Waals surface area contributed by atoms with Gasteiger partial charge in [0, 0.05) is 18.2 Å². The molecule has 0 unspecified atom stereocenters. The van der Waals surface area contributed by atoms with Crippen molar-refractivity contribution >= 4 is 79.5 Å². The predicted octanol–water partition coefficient (Wildman–Crippen LogP) is 15.1. The van der Waals surface area contributed by atoms with Crippen molar-refractivity contribution < 1.29 is 56.8 Å². The number of thioether (sulfide) groups is 1. The molecule has 8 aromatic carbocycles. The highest BCUT2D eigenvalue weighted by atomic mass is 127. The zero-order valence-electron chi connectivity index (χ0n) is 49.3. The first-order valence-electron chi connectivity index (χ1n) is 30.3. The van der Waals surface area contributed by atoms with Crippen LogP contribution in [0.15, 0.2) is 248 Å². The third-order valence-corrected chi connectivity index (χ3v) is 19.6. The fourth-order valence-electron chi connectivity index (χ4n) is 11.3. The first-order valence-corrected chi connectivity index (χ1v) is 35.7. The molecule has 16 heteroatoms. The SMILES string of the molecule is IC[C@H]1O[C@@H](Sc2ccccc2)[C@H](OCc2ccccc2)[C@@H](OCc2ccccc2)[C@@H]1O[C@H]1O[C@H](CI)[C@@H](O[C@H]2O[C@H](CI)[C@@H](OCc3ccccc3)[C@H](OCc3ccccc3)[C@H]2OCc2ccccc2)[C@H](OCc2ccccc2)[C@H]1OCc1ccccc1. The second kappa shape index (κ2) is 35.2. The van der Waals surface area contributed by atoms with Gasteiger partial charge in [0.05, 0.1) is 64.6 Å². The van der Waals surface area contributed by atoms with Crippen LogP contribution in [-0.2, 0) is 103 Å².